The van der Waals surface area contributed by atoms with Gasteiger partial charge in [0.25, 0.3) is 0 Å². The van der Waals surface area contributed by atoms with E-state index < -0.39 is 12.0 Å². The molecule has 0 saturated carbocycles. The summed E-state index contributed by atoms with van der Waals surface area (Å²) < 4.78 is 0. The van der Waals surface area contributed by atoms with Gasteiger partial charge in [-0.25, -0.2) is 9.59 Å². The van der Waals surface area contributed by atoms with Crippen molar-refractivity contribution >= 4 is 12.0 Å². The molecule has 2 fully saturated rings. The molecular formula is C13H23N3O3. The molecule has 0 aromatic carbocycles. The maximum Gasteiger partial charge on any atom is 0.326 e. The zero-order valence-electron chi connectivity index (χ0n) is 11.7. The van der Waals surface area contributed by atoms with Gasteiger partial charge in [-0.05, 0) is 38.8 Å². The highest BCUT2D eigenvalue weighted by Crippen LogP contribution is 2.21. The summed E-state index contributed by atoms with van der Waals surface area (Å²) in [5.41, 5.74) is 0. The average molecular weight is 269 g/mol. The van der Waals surface area contributed by atoms with E-state index in [1.807, 2.05) is 0 Å². The van der Waals surface area contributed by atoms with Crippen molar-refractivity contribution in [2.75, 3.05) is 40.3 Å². The van der Waals surface area contributed by atoms with Gasteiger partial charge in [-0.3, -0.25) is 0 Å². The van der Waals surface area contributed by atoms with Gasteiger partial charge in [0, 0.05) is 26.7 Å². The van der Waals surface area contributed by atoms with Crippen molar-refractivity contribution < 1.29 is 14.7 Å². The Kier molecular flexibility index (Phi) is 4.29. The van der Waals surface area contributed by atoms with Crippen molar-refractivity contribution in [2.24, 2.45) is 5.92 Å². The second-order valence-electron chi connectivity index (χ2n) is 5.77. The standard InChI is InChI=1S/C13H23N3O3/c1-14-7-5-10(8-14)9-15(2)13(19)16-6-3-4-11(16)12(17)18/h10-11H,3-9H2,1-2H3,(H,17,18)/t10?,11-/m0/s1. The van der Waals surface area contributed by atoms with Crippen LogP contribution in [0.2, 0.25) is 0 Å². The minimum Gasteiger partial charge on any atom is -0.480 e. The summed E-state index contributed by atoms with van der Waals surface area (Å²) in [6, 6.07) is -0.777. The Morgan fingerprint density at radius 3 is 2.63 bits per heavy atom. The number of amides is 2. The number of hydrogen-bond donors (Lipinski definition) is 1. The first kappa shape index (κ1) is 14.1. The number of nitrogens with zero attached hydrogens (tertiary/aromatic N) is 3. The maximum atomic E-state index is 12.3. The van der Waals surface area contributed by atoms with Crippen LogP contribution in [-0.4, -0.2) is 78.1 Å². The maximum absolute atomic E-state index is 12.3. The molecule has 0 aliphatic carbocycles. The number of carbonyl (C=O) groups is 2. The Morgan fingerprint density at radius 2 is 2.05 bits per heavy atom. The second-order valence-corrected chi connectivity index (χ2v) is 5.77. The van der Waals surface area contributed by atoms with Crippen molar-refractivity contribution in [1.29, 1.82) is 0 Å². The third-order valence-corrected chi connectivity index (χ3v) is 4.13. The first-order chi connectivity index (χ1) is 8.99. The fourth-order valence-electron chi connectivity index (χ4n) is 3.11. The molecule has 0 spiro atoms. The lowest BCUT2D eigenvalue weighted by molar-refractivity contribution is -0.141. The van der Waals surface area contributed by atoms with E-state index in [0.717, 1.165) is 25.9 Å². The highest BCUT2D eigenvalue weighted by molar-refractivity contribution is 5.83. The number of urea groups is 1. The van der Waals surface area contributed by atoms with Crippen molar-refractivity contribution in [3.8, 4) is 0 Å². The van der Waals surface area contributed by atoms with E-state index in [1.54, 1.807) is 11.9 Å². The summed E-state index contributed by atoms with van der Waals surface area (Å²) in [5.74, 6) is -0.385. The van der Waals surface area contributed by atoms with Crippen LogP contribution in [0, 0.1) is 5.92 Å². The minimum atomic E-state index is -0.889. The molecule has 108 valence electrons. The number of rotatable bonds is 3. The largest absolute Gasteiger partial charge is 0.480 e. The first-order valence-corrected chi connectivity index (χ1v) is 6.92. The van der Waals surface area contributed by atoms with E-state index in [-0.39, 0.29) is 6.03 Å². The van der Waals surface area contributed by atoms with Crippen molar-refractivity contribution in [1.82, 2.24) is 14.7 Å². The fraction of sp³-hybridized carbons (Fsp3) is 0.846. The fourth-order valence-corrected chi connectivity index (χ4v) is 3.11. The topological polar surface area (TPSA) is 64.1 Å². The monoisotopic (exact) mass is 269 g/mol. The van der Waals surface area contributed by atoms with Crippen LogP contribution in [0.25, 0.3) is 0 Å². The number of likely N-dealkylation sites (tertiary alicyclic amines) is 2. The molecular weight excluding hydrogens is 246 g/mol. The number of hydrogen-bond acceptors (Lipinski definition) is 3. The van der Waals surface area contributed by atoms with Gasteiger partial charge >= 0.3 is 12.0 Å². The van der Waals surface area contributed by atoms with Crippen LogP contribution in [0.5, 0.6) is 0 Å². The van der Waals surface area contributed by atoms with Crippen LogP contribution in [0.4, 0.5) is 4.79 Å². The second kappa shape index (κ2) is 5.77. The van der Waals surface area contributed by atoms with E-state index in [0.29, 0.717) is 25.4 Å². The Morgan fingerprint density at radius 1 is 1.32 bits per heavy atom. The number of aliphatic carboxylic acids is 1. The van der Waals surface area contributed by atoms with Crippen LogP contribution in [-0.2, 0) is 4.79 Å². The van der Waals surface area contributed by atoms with Crippen molar-refractivity contribution in [3.05, 3.63) is 0 Å². The first-order valence-electron chi connectivity index (χ1n) is 6.92. The van der Waals surface area contributed by atoms with E-state index in [1.165, 1.54) is 4.90 Å². The third-order valence-electron chi connectivity index (χ3n) is 4.13. The molecule has 6 heteroatoms. The quantitative estimate of drug-likeness (QED) is 0.812. The highest BCUT2D eigenvalue weighted by atomic mass is 16.4. The van der Waals surface area contributed by atoms with E-state index in [2.05, 4.69) is 11.9 Å². The molecule has 0 aromatic heterocycles. The van der Waals surface area contributed by atoms with E-state index >= 15 is 0 Å². The van der Waals surface area contributed by atoms with Gasteiger partial charge in [-0.15, -0.1) is 0 Å². The Balaban J connectivity index is 1.89. The zero-order chi connectivity index (χ0) is 14.0. The lowest BCUT2D eigenvalue weighted by Gasteiger charge is -2.29. The highest BCUT2D eigenvalue weighted by Gasteiger charge is 2.36. The van der Waals surface area contributed by atoms with Gasteiger partial charge in [-0.2, -0.15) is 0 Å². The molecule has 2 saturated heterocycles. The normalized spacial score (nSPS) is 27.8. The molecule has 2 rings (SSSR count). The molecule has 2 amide bonds. The van der Waals surface area contributed by atoms with Gasteiger partial charge in [0.2, 0.25) is 0 Å². The molecule has 2 atom stereocenters. The lowest BCUT2D eigenvalue weighted by Crippen LogP contribution is -2.47. The predicted molar refractivity (Wildman–Crippen MR) is 71.0 cm³/mol. The van der Waals surface area contributed by atoms with Crippen molar-refractivity contribution in [3.63, 3.8) is 0 Å². The van der Waals surface area contributed by atoms with Gasteiger partial charge in [0.05, 0.1) is 0 Å². The van der Waals surface area contributed by atoms with Crippen molar-refractivity contribution in [2.45, 2.75) is 25.3 Å². The summed E-state index contributed by atoms with van der Waals surface area (Å²) >= 11 is 0. The number of carboxylic acids is 1. The lowest BCUT2D eigenvalue weighted by atomic mass is 10.1. The molecule has 6 nitrogen and oxygen atoms in total. The summed E-state index contributed by atoms with van der Waals surface area (Å²) in [4.78, 5) is 28.9. The number of carbonyl (C=O) groups excluding carboxylic acids is 1. The van der Waals surface area contributed by atoms with E-state index in [4.69, 9.17) is 5.11 Å². The Labute approximate surface area is 114 Å². The summed E-state index contributed by atoms with van der Waals surface area (Å²) in [6.07, 6.45) is 2.46. The number of carboxylic acid groups (broad SMARTS) is 1. The molecule has 2 aliphatic heterocycles. The molecule has 0 bridgehead atoms. The summed E-state index contributed by atoms with van der Waals surface area (Å²) in [7, 11) is 3.86. The molecule has 19 heavy (non-hydrogen) atoms. The van der Waals surface area contributed by atoms with E-state index in [9.17, 15) is 9.59 Å². The van der Waals surface area contributed by atoms with Crippen LogP contribution in [0.15, 0.2) is 0 Å². The molecule has 2 aliphatic rings. The van der Waals surface area contributed by atoms with Crippen LogP contribution in [0.1, 0.15) is 19.3 Å². The van der Waals surface area contributed by atoms with Crippen LogP contribution < -0.4 is 0 Å². The minimum absolute atomic E-state index is 0.139. The smallest absolute Gasteiger partial charge is 0.326 e. The average Bonchev–Trinajstić information content (AvgIpc) is 2.97. The predicted octanol–water partition coefficient (Wildman–Crippen LogP) is 0.539. The molecule has 1 unspecified atom stereocenters. The van der Waals surface area contributed by atoms with Crippen LogP contribution >= 0.6 is 0 Å². The van der Waals surface area contributed by atoms with Gasteiger partial charge in [-0.1, -0.05) is 0 Å². The summed E-state index contributed by atoms with van der Waals surface area (Å²) in [6.45, 7) is 3.37. The Hall–Kier alpha value is -1.30. The summed E-state index contributed by atoms with van der Waals surface area (Å²) in [5, 5.41) is 9.11. The molecule has 0 radical (unpaired) electrons. The third kappa shape index (κ3) is 3.18. The van der Waals surface area contributed by atoms with Gasteiger partial charge < -0.3 is 19.8 Å². The van der Waals surface area contributed by atoms with Gasteiger partial charge in [0.15, 0.2) is 0 Å². The molecule has 0 aromatic rings. The SMILES string of the molecule is CN1CCC(CN(C)C(=O)N2CCC[C@H]2C(=O)O)C1. The molecule has 2 heterocycles. The van der Waals surface area contributed by atoms with Gasteiger partial charge in [0.1, 0.15) is 6.04 Å². The Bertz CT molecular complexity index is 361. The molecule has 1 N–H and O–H groups in total. The van der Waals surface area contributed by atoms with Crippen LogP contribution in [0.3, 0.4) is 0 Å². The zero-order valence-corrected chi connectivity index (χ0v) is 11.7.